The van der Waals surface area contributed by atoms with Crippen LogP contribution in [-0.4, -0.2) is 21.3 Å². The molecule has 0 aromatic heterocycles. The van der Waals surface area contributed by atoms with Crippen LogP contribution in [0.5, 0.6) is 5.75 Å². The van der Waals surface area contributed by atoms with Crippen molar-refractivity contribution in [3.8, 4) is 5.75 Å². The Morgan fingerprint density at radius 2 is 1.81 bits per heavy atom. The molecule has 0 atom stereocenters. The molecular formula is C11H15FO3S. The fraction of sp³-hybridized carbons (Fsp3) is 0.455. The van der Waals surface area contributed by atoms with E-state index in [0.717, 1.165) is 11.1 Å². The van der Waals surface area contributed by atoms with Gasteiger partial charge >= 0.3 is 10.2 Å². The first-order valence-electron chi connectivity index (χ1n) is 4.90. The topological polar surface area (TPSA) is 43.4 Å². The number of benzene rings is 1. The Hall–Kier alpha value is -1.10. The second-order valence-corrected chi connectivity index (χ2v) is 5.23. The molecule has 0 spiro atoms. The van der Waals surface area contributed by atoms with Crippen LogP contribution >= 0.6 is 0 Å². The van der Waals surface area contributed by atoms with Gasteiger partial charge in [0.25, 0.3) is 0 Å². The Bertz CT molecular complexity index is 480. The molecule has 0 radical (unpaired) electrons. The number of halogens is 1. The Morgan fingerprint density at radius 3 is 2.31 bits per heavy atom. The van der Waals surface area contributed by atoms with E-state index in [1.165, 1.54) is 7.11 Å². The zero-order valence-electron chi connectivity index (χ0n) is 9.58. The summed E-state index contributed by atoms with van der Waals surface area (Å²) in [6.45, 7) is 3.86. The van der Waals surface area contributed by atoms with E-state index in [2.05, 4.69) is 0 Å². The van der Waals surface area contributed by atoms with E-state index in [9.17, 15) is 12.3 Å². The molecule has 3 nitrogen and oxygen atoms in total. The SMILES string of the molecule is COc1cc(C)c(C)cc1CCS(=O)(=O)F. The Kier molecular flexibility index (Phi) is 3.91. The first-order chi connectivity index (χ1) is 7.33. The molecule has 0 saturated heterocycles. The van der Waals surface area contributed by atoms with Gasteiger partial charge in [0, 0.05) is 0 Å². The van der Waals surface area contributed by atoms with Gasteiger partial charge in [-0.2, -0.15) is 8.42 Å². The molecule has 0 bridgehead atoms. The molecule has 0 fully saturated rings. The fourth-order valence-corrected chi connectivity index (χ4v) is 1.93. The smallest absolute Gasteiger partial charge is 0.302 e. The molecular weight excluding hydrogens is 231 g/mol. The summed E-state index contributed by atoms with van der Waals surface area (Å²) in [5.41, 5.74) is 2.81. The van der Waals surface area contributed by atoms with Crippen molar-refractivity contribution in [2.45, 2.75) is 20.3 Å². The van der Waals surface area contributed by atoms with Crippen molar-refractivity contribution in [2.24, 2.45) is 0 Å². The molecule has 0 amide bonds. The van der Waals surface area contributed by atoms with Gasteiger partial charge in [0.15, 0.2) is 0 Å². The standard InChI is InChI=1S/C11H15FO3S/c1-8-6-10(4-5-16(12,13)14)11(15-3)7-9(8)2/h6-7H,4-5H2,1-3H3. The number of aryl methyl sites for hydroxylation is 3. The molecule has 0 heterocycles. The van der Waals surface area contributed by atoms with Gasteiger partial charge in [-0.05, 0) is 43.0 Å². The maximum Gasteiger partial charge on any atom is 0.302 e. The minimum absolute atomic E-state index is 0.128. The molecule has 1 aromatic carbocycles. The lowest BCUT2D eigenvalue weighted by atomic mass is 10.0. The summed E-state index contributed by atoms with van der Waals surface area (Å²) in [4.78, 5) is 0. The molecule has 16 heavy (non-hydrogen) atoms. The van der Waals surface area contributed by atoms with Gasteiger partial charge in [0.05, 0.1) is 12.9 Å². The van der Waals surface area contributed by atoms with Crippen molar-refractivity contribution in [1.29, 1.82) is 0 Å². The first kappa shape index (κ1) is 13.0. The largest absolute Gasteiger partial charge is 0.496 e. The van der Waals surface area contributed by atoms with Gasteiger partial charge in [-0.1, -0.05) is 6.07 Å². The summed E-state index contributed by atoms with van der Waals surface area (Å²) in [5, 5.41) is 0. The predicted octanol–water partition coefficient (Wildman–Crippen LogP) is 2.15. The van der Waals surface area contributed by atoms with Crippen LogP contribution in [0.2, 0.25) is 0 Å². The van der Waals surface area contributed by atoms with E-state index in [-0.39, 0.29) is 6.42 Å². The maximum absolute atomic E-state index is 12.4. The van der Waals surface area contributed by atoms with Crippen molar-refractivity contribution >= 4 is 10.2 Å². The van der Waals surface area contributed by atoms with Crippen LogP contribution in [0.3, 0.4) is 0 Å². The molecule has 1 aromatic rings. The van der Waals surface area contributed by atoms with Gasteiger partial charge < -0.3 is 4.74 Å². The van der Waals surface area contributed by atoms with E-state index in [0.29, 0.717) is 11.3 Å². The summed E-state index contributed by atoms with van der Waals surface area (Å²) in [6.07, 6.45) is 0.128. The number of hydrogen-bond donors (Lipinski definition) is 0. The highest BCUT2D eigenvalue weighted by molar-refractivity contribution is 7.86. The number of rotatable bonds is 4. The van der Waals surface area contributed by atoms with Crippen molar-refractivity contribution in [2.75, 3.05) is 12.9 Å². The quantitative estimate of drug-likeness (QED) is 0.765. The van der Waals surface area contributed by atoms with E-state index in [1.54, 1.807) is 0 Å². The van der Waals surface area contributed by atoms with Gasteiger partial charge in [-0.15, -0.1) is 3.89 Å². The second-order valence-electron chi connectivity index (χ2n) is 3.74. The van der Waals surface area contributed by atoms with Crippen LogP contribution in [0.4, 0.5) is 3.89 Å². The van der Waals surface area contributed by atoms with Gasteiger partial charge in [-0.3, -0.25) is 0 Å². The number of methoxy groups -OCH3 is 1. The Morgan fingerprint density at radius 1 is 1.25 bits per heavy atom. The highest BCUT2D eigenvalue weighted by atomic mass is 32.3. The van der Waals surface area contributed by atoms with Gasteiger partial charge in [0.2, 0.25) is 0 Å². The molecule has 0 N–H and O–H groups in total. The van der Waals surface area contributed by atoms with E-state index in [4.69, 9.17) is 4.74 Å². The average Bonchev–Trinajstić information content (AvgIpc) is 2.18. The lowest BCUT2D eigenvalue weighted by Crippen LogP contribution is -2.04. The van der Waals surface area contributed by atoms with E-state index >= 15 is 0 Å². The van der Waals surface area contributed by atoms with Crippen LogP contribution in [0, 0.1) is 13.8 Å². The van der Waals surface area contributed by atoms with Crippen molar-refractivity contribution in [3.63, 3.8) is 0 Å². The molecule has 5 heteroatoms. The zero-order valence-corrected chi connectivity index (χ0v) is 10.4. The van der Waals surface area contributed by atoms with Crippen LogP contribution in [-0.2, 0) is 16.6 Å². The molecule has 0 aliphatic carbocycles. The molecule has 0 saturated carbocycles. The third-order valence-corrected chi connectivity index (χ3v) is 3.20. The molecule has 0 aliphatic heterocycles. The fourth-order valence-electron chi connectivity index (χ4n) is 1.47. The number of ether oxygens (including phenoxy) is 1. The molecule has 0 aliphatic rings. The summed E-state index contributed by atoms with van der Waals surface area (Å²) in [7, 11) is -2.91. The predicted molar refractivity (Wildman–Crippen MR) is 61.1 cm³/mol. The summed E-state index contributed by atoms with van der Waals surface area (Å²) in [6, 6.07) is 3.66. The maximum atomic E-state index is 12.4. The second kappa shape index (κ2) is 4.82. The minimum Gasteiger partial charge on any atom is -0.496 e. The normalized spacial score (nSPS) is 11.5. The zero-order chi connectivity index (χ0) is 12.3. The summed E-state index contributed by atoms with van der Waals surface area (Å²) >= 11 is 0. The molecule has 0 unspecified atom stereocenters. The molecule has 1 rings (SSSR count). The van der Waals surface area contributed by atoms with Crippen LogP contribution < -0.4 is 4.74 Å². The highest BCUT2D eigenvalue weighted by Crippen LogP contribution is 2.23. The first-order valence-corrected chi connectivity index (χ1v) is 6.45. The van der Waals surface area contributed by atoms with Crippen LogP contribution in [0.15, 0.2) is 12.1 Å². The molecule has 90 valence electrons. The van der Waals surface area contributed by atoms with Crippen molar-refractivity contribution in [1.82, 2.24) is 0 Å². The summed E-state index contributed by atoms with van der Waals surface area (Å²) < 4.78 is 38.4. The van der Waals surface area contributed by atoms with E-state index in [1.807, 2.05) is 26.0 Å². The van der Waals surface area contributed by atoms with Crippen LogP contribution in [0.1, 0.15) is 16.7 Å². The highest BCUT2D eigenvalue weighted by Gasteiger charge is 2.11. The average molecular weight is 246 g/mol. The third-order valence-electron chi connectivity index (χ3n) is 2.51. The van der Waals surface area contributed by atoms with Crippen molar-refractivity contribution in [3.05, 3.63) is 28.8 Å². The van der Waals surface area contributed by atoms with Crippen molar-refractivity contribution < 1.29 is 17.0 Å². The lowest BCUT2D eigenvalue weighted by molar-refractivity contribution is 0.409. The van der Waals surface area contributed by atoms with Gasteiger partial charge in [-0.25, -0.2) is 0 Å². The van der Waals surface area contributed by atoms with Gasteiger partial charge in [0.1, 0.15) is 5.75 Å². The van der Waals surface area contributed by atoms with Crippen LogP contribution in [0.25, 0.3) is 0 Å². The monoisotopic (exact) mass is 246 g/mol. The Balaban J connectivity index is 2.99. The number of hydrogen-bond acceptors (Lipinski definition) is 3. The third kappa shape index (κ3) is 3.48. The lowest BCUT2D eigenvalue weighted by Gasteiger charge is -2.10. The van der Waals surface area contributed by atoms with E-state index < -0.39 is 16.0 Å². The Labute approximate surface area is 95.5 Å². The minimum atomic E-state index is -4.43. The summed E-state index contributed by atoms with van der Waals surface area (Å²) in [5.74, 6) is 0.0954.